The Morgan fingerprint density at radius 2 is 1.80 bits per heavy atom. The maximum atomic E-state index is 7.96. The minimum atomic E-state index is 0.538. The SMILES string of the molecule is CC(CN1CCCC1)N1CCCCC1=N. The van der Waals surface area contributed by atoms with E-state index in [2.05, 4.69) is 16.7 Å². The van der Waals surface area contributed by atoms with Crippen molar-refractivity contribution in [3.05, 3.63) is 0 Å². The van der Waals surface area contributed by atoms with Crippen LogP contribution < -0.4 is 0 Å². The van der Waals surface area contributed by atoms with Crippen LogP contribution in [0.4, 0.5) is 0 Å². The highest BCUT2D eigenvalue weighted by molar-refractivity contribution is 5.80. The fourth-order valence-corrected chi connectivity index (χ4v) is 2.78. The summed E-state index contributed by atoms with van der Waals surface area (Å²) in [6.45, 7) is 7.07. The van der Waals surface area contributed by atoms with Gasteiger partial charge in [-0.05, 0) is 45.7 Å². The lowest BCUT2D eigenvalue weighted by atomic mass is 10.1. The van der Waals surface area contributed by atoms with E-state index in [-0.39, 0.29) is 0 Å². The van der Waals surface area contributed by atoms with Gasteiger partial charge in [0.05, 0.1) is 5.84 Å². The lowest BCUT2D eigenvalue weighted by Gasteiger charge is -2.36. The molecule has 2 rings (SSSR count). The summed E-state index contributed by atoms with van der Waals surface area (Å²) >= 11 is 0. The Morgan fingerprint density at radius 3 is 2.47 bits per heavy atom. The van der Waals surface area contributed by atoms with Crippen molar-refractivity contribution in [1.82, 2.24) is 9.80 Å². The van der Waals surface area contributed by atoms with E-state index in [0.29, 0.717) is 6.04 Å². The van der Waals surface area contributed by atoms with Gasteiger partial charge in [-0.1, -0.05) is 0 Å². The van der Waals surface area contributed by atoms with Crippen LogP contribution in [0.2, 0.25) is 0 Å². The first-order chi connectivity index (χ1) is 7.27. The summed E-state index contributed by atoms with van der Waals surface area (Å²) in [7, 11) is 0. The highest BCUT2D eigenvalue weighted by Crippen LogP contribution is 2.16. The molecule has 1 N–H and O–H groups in total. The van der Waals surface area contributed by atoms with Crippen molar-refractivity contribution in [2.24, 2.45) is 0 Å². The summed E-state index contributed by atoms with van der Waals surface area (Å²) in [5, 5.41) is 7.96. The summed E-state index contributed by atoms with van der Waals surface area (Å²) < 4.78 is 0. The predicted molar refractivity (Wildman–Crippen MR) is 63.4 cm³/mol. The highest BCUT2D eigenvalue weighted by atomic mass is 15.2. The van der Waals surface area contributed by atoms with Crippen molar-refractivity contribution in [2.75, 3.05) is 26.2 Å². The topological polar surface area (TPSA) is 30.3 Å². The van der Waals surface area contributed by atoms with Crippen LogP contribution in [0, 0.1) is 5.41 Å². The van der Waals surface area contributed by atoms with Gasteiger partial charge in [-0.3, -0.25) is 5.41 Å². The first kappa shape index (κ1) is 10.9. The standard InChI is InChI=1S/C12H23N3/c1-11(10-14-7-4-5-8-14)15-9-3-2-6-12(15)13/h11,13H,2-10H2,1H3. The molecule has 15 heavy (non-hydrogen) atoms. The number of likely N-dealkylation sites (tertiary alicyclic amines) is 2. The van der Waals surface area contributed by atoms with Crippen molar-refractivity contribution in [2.45, 2.75) is 45.1 Å². The van der Waals surface area contributed by atoms with Gasteiger partial charge >= 0.3 is 0 Å². The Morgan fingerprint density at radius 1 is 1.13 bits per heavy atom. The van der Waals surface area contributed by atoms with E-state index >= 15 is 0 Å². The molecule has 2 heterocycles. The zero-order valence-electron chi connectivity index (χ0n) is 9.84. The van der Waals surface area contributed by atoms with Crippen molar-refractivity contribution in [3.8, 4) is 0 Å². The summed E-state index contributed by atoms with van der Waals surface area (Å²) in [5.74, 6) is 0.868. The third kappa shape index (κ3) is 2.71. The second-order valence-electron chi connectivity index (χ2n) is 4.95. The minimum Gasteiger partial charge on any atom is -0.357 e. The zero-order chi connectivity index (χ0) is 10.7. The van der Waals surface area contributed by atoms with E-state index < -0.39 is 0 Å². The molecule has 0 aliphatic carbocycles. The molecular weight excluding hydrogens is 186 g/mol. The molecule has 2 saturated heterocycles. The highest BCUT2D eigenvalue weighted by Gasteiger charge is 2.23. The largest absolute Gasteiger partial charge is 0.357 e. The first-order valence-corrected chi connectivity index (χ1v) is 6.34. The van der Waals surface area contributed by atoms with Crippen LogP contribution in [-0.4, -0.2) is 47.9 Å². The number of nitrogens with one attached hydrogen (secondary N) is 1. The van der Waals surface area contributed by atoms with Gasteiger partial charge in [0.25, 0.3) is 0 Å². The molecule has 0 aromatic heterocycles. The molecule has 0 radical (unpaired) electrons. The molecule has 0 aromatic carbocycles. The molecule has 0 bridgehead atoms. The van der Waals surface area contributed by atoms with Gasteiger partial charge in [-0.2, -0.15) is 0 Å². The zero-order valence-corrected chi connectivity index (χ0v) is 9.84. The van der Waals surface area contributed by atoms with E-state index in [1.54, 1.807) is 0 Å². The van der Waals surface area contributed by atoms with E-state index in [4.69, 9.17) is 5.41 Å². The maximum Gasteiger partial charge on any atom is 0.0960 e. The Balaban J connectivity index is 1.82. The molecular formula is C12H23N3. The molecule has 0 aromatic rings. The molecule has 2 aliphatic heterocycles. The molecule has 86 valence electrons. The third-order valence-corrected chi connectivity index (χ3v) is 3.66. The molecule has 1 atom stereocenters. The van der Waals surface area contributed by atoms with Crippen LogP contribution in [0.5, 0.6) is 0 Å². The van der Waals surface area contributed by atoms with Crippen LogP contribution in [-0.2, 0) is 0 Å². The van der Waals surface area contributed by atoms with Gasteiger partial charge in [0.15, 0.2) is 0 Å². The molecule has 0 amide bonds. The van der Waals surface area contributed by atoms with Crippen LogP contribution in [0.25, 0.3) is 0 Å². The Bertz CT molecular complexity index is 221. The number of hydrogen-bond acceptors (Lipinski definition) is 2. The molecule has 0 spiro atoms. The molecule has 3 nitrogen and oxygen atoms in total. The second-order valence-corrected chi connectivity index (χ2v) is 4.95. The lowest BCUT2D eigenvalue weighted by Crippen LogP contribution is -2.46. The average Bonchev–Trinajstić information content (AvgIpc) is 2.71. The van der Waals surface area contributed by atoms with Gasteiger partial charge in [0, 0.05) is 25.6 Å². The predicted octanol–water partition coefficient (Wildman–Crippen LogP) is 1.93. The van der Waals surface area contributed by atoms with Crippen LogP contribution in [0.1, 0.15) is 39.0 Å². The van der Waals surface area contributed by atoms with Crippen molar-refractivity contribution >= 4 is 5.84 Å². The maximum absolute atomic E-state index is 7.96. The number of nitrogens with zero attached hydrogens (tertiary/aromatic N) is 2. The third-order valence-electron chi connectivity index (χ3n) is 3.66. The number of hydrogen-bond donors (Lipinski definition) is 1. The molecule has 2 aliphatic rings. The Kier molecular flexibility index (Phi) is 3.62. The van der Waals surface area contributed by atoms with E-state index in [0.717, 1.165) is 25.3 Å². The van der Waals surface area contributed by atoms with Crippen LogP contribution in [0.3, 0.4) is 0 Å². The number of amidine groups is 1. The Hall–Kier alpha value is -0.570. The summed E-state index contributed by atoms with van der Waals surface area (Å²) in [5.41, 5.74) is 0. The summed E-state index contributed by atoms with van der Waals surface area (Å²) in [4.78, 5) is 4.86. The number of rotatable bonds is 3. The van der Waals surface area contributed by atoms with Crippen molar-refractivity contribution in [3.63, 3.8) is 0 Å². The summed E-state index contributed by atoms with van der Waals surface area (Å²) in [6, 6.07) is 0.538. The fourth-order valence-electron chi connectivity index (χ4n) is 2.78. The molecule has 0 saturated carbocycles. The van der Waals surface area contributed by atoms with Gasteiger partial charge in [0.1, 0.15) is 0 Å². The van der Waals surface area contributed by atoms with Gasteiger partial charge in [-0.25, -0.2) is 0 Å². The molecule has 3 heteroatoms. The van der Waals surface area contributed by atoms with Crippen molar-refractivity contribution < 1.29 is 0 Å². The van der Waals surface area contributed by atoms with E-state index in [9.17, 15) is 0 Å². The Labute approximate surface area is 92.9 Å². The lowest BCUT2D eigenvalue weighted by molar-refractivity contribution is 0.217. The second kappa shape index (κ2) is 4.97. The van der Waals surface area contributed by atoms with E-state index in [1.807, 2.05) is 0 Å². The molecule has 2 fully saturated rings. The van der Waals surface area contributed by atoms with Crippen LogP contribution in [0.15, 0.2) is 0 Å². The number of piperidine rings is 1. The van der Waals surface area contributed by atoms with Crippen LogP contribution >= 0.6 is 0 Å². The van der Waals surface area contributed by atoms with E-state index in [1.165, 1.54) is 38.8 Å². The van der Waals surface area contributed by atoms with Gasteiger partial charge < -0.3 is 9.80 Å². The van der Waals surface area contributed by atoms with Gasteiger partial charge in [-0.15, -0.1) is 0 Å². The summed E-state index contributed by atoms with van der Waals surface area (Å²) in [6.07, 6.45) is 6.21. The normalized spacial score (nSPS) is 25.9. The van der Waals surface area contributed by atoms with Crippen molar-refractivity contribution in [1.29, 1.82) is 5.41 Å². The average molecular weight is 209 g/mol. The van der Waals surface area contributed by atoms with Gasteiger partial charge in [0.2, 0.25) is 0 Å². The monoisotopic (exact) mass is 209 g/mol. The minimum absolute atomic E-state index is 0.538. The quantitative estimate of drug-likeness (QED) is 0.770. The fraction of sp³-hybridized carbons (Fsp3) is 0.917. The molecule has 1 unspecified atom stereocenters. The first-order valence-electron chi connectivity index (χ1n) is 6.34. The smallest absolute Gasteiger partial charge is 0.0960 e.